The van der Waals surface area contributed by atoms with Gasteiger partial charge in [-0.1, -0.05) is 12.1 Å². The first kappa shape index (κ1) is 11.2. The largest absolute Gasteiger partial charge is 0.323 e. The fourth-order valence-electron chi connectivity index (χ4n) is 2.24. The van der Waals surface area contributed by atoms with Crippen LogP contribution in [0.15, 0.2) is 12.1 Å². The van der Waals surface area contributed by atoms with Gasteiger partial charge in [0.2, 0.25) is 0 Å². The summed E-state index contributed by atoms with van der Waals surface area (Å²) in [5, 5.41) is 9.17. The molecule has 1 aliphatic carbocycles. The molecule has 0 aromatic heterocycles. The predicted molar refractivity (Wildman–Crippen MR) is 64.9 cm³/mol. The Balaban J connectivity index is 2.42. The van der Waals surface area contributed by atoms with Gasteiger partial charge < -0.3 is 5.73 Å². The van der Waals surface area contributed by atoms with Crippen molar-refractivity contribution in [1.29, 1.82) is 5.26 Å². The quantitative estimate of drug-likeness (QED) is 0.823. The van der Waals surface area contributed by atoms with E-state index in [0.717, 1.165) is 18.4 Å². The maximum atomic E-state index is 9.17. The highest BCUT2D eigenvalue weighted by Gasteiger charge is 2.49. The number of rotatable bonds is 2. The Kier molecular flexibility index (Phi) is 2.52. The number of nitrogens with zero attached hydrogens (tertiary/aromatic N) is 1. The maximum absolute atomic E-state index is 9.17. The molecule has 1 saturated carbocycles. The van der Waals surface area contributed by atoms with E-state index in [1.54, 1.807) is 0 Å². The summed E-state index contributed by atoms with van der Waals surface area (Å²) in [4.78, 5) is 0. The first-order valence-electron chi connectivity index (χ1n) is 5.75. The molecular weight excluding hydrogens is 196 g/mol. The molecule has 0 heterocycles. The smallest absolute Gasteiger partial charge is 0.0767 e. The molecule has 0 spiro atoms. The Morgan fingerprint density at radius 2 is 1.75 bits per heavy atom. The average molecular weight is 214 g/mol. The first-order chi connectivity index (χ1) is 7.50. The van der Waals surface area contributed by atoms with Crippen LogP contribution in [0.4, 0.5) is 0 Å². The molecule has 16 heavy (non-hydrogen) atoms. The highest BCUT2D eigenvalue weighted by atomic mass is 14.7. The van der Waals surface area contributed by atoms with Crippen LogP contribution < -0.4 is 5.73 Å². The molecule has 1 aromatic carbocycles. The fraction of sp³-hybridized carbons (Fsp3) is 0.500. The van der Waals surface area contributed by atoms with Crippen LogP contribution in [0.2, 0.25) is 0 Å². The van der Waals surface area contributed by atoms with Crippen molar-refractivity contribution in [2.75, 3.05) is 0 Å². The molecule has 84 valence electrons. The minimum Gasteiger partial charge on any atom is -0.323 e. The van der Waals surface area contributed by atoms with Crippen LogP contribution >= 0.6 is 0 Å². The third kappa shape index (κ3) is 1.62. The first-order valence-corrected chi connectivity index (χ1v) is 5.75. The molecule has 0 amide bonds. The molecule has 0 radical (unpaired) electrons. The Hall–Kier alpha value is -1.33. The fourth-order valence-corrected chi connectivity index (χ4v) is 2.24. The van der Waals surface area contributed by atoms with Crippen LogP contribution in [0.25, 0.3) is 0 Å². The van der Waals surface area contributed by atoms with Gasteiger partial charge in [0, 0.05) is 6.04 Å². The van der Waals surface area contributed by atoms with Crippen LogP contribution in [0.5, 0.6) is 0 Å². The average Bonchev–Trinajstić information content (AvgIpc) is 3.03. The summed E-state index contributed by atoms with van der Waals surface area (Å²) in [6, 6.07) is 6.57. The molecule has 1 atom stereocenters. The minimum atomic E-state index is -0.285. The summed E-state index contributed by atoms with van der Waals surface area (Å²) in [5.41, 5.74) is 10.8. The van der Waals surface area contributed by atoms with E-state index in [1.807, 2.05) is 0 Å². The Labute approximate surface area is 97.1 Å². The van der Waals surface area contributed by atoms with Crippen LogP contribution in [-0.4, -0.2) is 0 Å². The second kappa shape index (κ2) is 3.61. The van der Waals surface area contributed by atoms with E-state index >= 15 is 0 Å². The summed E-state index contributed by atoms with van der Waals surface area (Å²) in [5.74, 6) is 0. The van der Waals surface area contributed by atoms with Crippen molar-refractivity contribution in [3.05, 3.63) is 34.4 Å². The topological polar surface area (TPSA) is 49.8 Å². The van der Waals surface area contributed by atoms with Crippen LogP contribution in [0.3, 0.4) is 0 Å². The van der Waals surface area contributed by atoms with Crippen molar-refractivity contribution < 1.29 is 0 Å². The SMILES string of the molecule is Cc1cc(C)c(C(N)C2(C#N)CC2)cc1C. The summed E-state index contributed by atoms with van der Waals surface area (Å²) < 4.78 is 0. The van der Waals surface area contributed by atoms with E-state index in [-0.39, 0.29) is 11.5 Å². The van der Waals surface area contributed by atoms with Gasteiger partial charge in [-0.05, 0) is 55.9 Å². The van der Waals surface area contributed by atoms with Crippen molar-refractivity contribution in [2.45, 2.75) is 39.7 Å². The highest BCUT2D eigenvalue weighted by molar-refractivity contribution is 5.40. The number of nitrogens with two attached hydrogens (primary N) is 1. The normalized spacial score (nSPS) is 18.9. The van der Waals surface area contributed by atoms with Gasteiger partial charge in [-0.15, -0.1) is 0 Å². The maximum Gasteiger partial charge on any atom is 0.0767 e. The molecule has 0 aliphatic heterocycles. The molecule has 2 nitrogen and oxygen atoms in total. The number of hydrogen-bond acceptors (Lipinski definition) is 2. The van der Waals surface area contributed by atoms with E-state index in [2.05, 4.69) is 39.0 Å². The Morgan fingerprint density at radius 1 is 1.19 bits per heavy atom. The zero-order chi connectivity index (χ0) is 11.9. The zero-order valence-electron chi connectivity index (χ0n) is 10.2. The molecule has 1 unspecified atom stereocenters. The number of nitriles is 1. The van der Waals surface area contributed by atoms with Gasteiger partial charge >= 0.3 is 0 Å². The molecular formula is C14H18N2. The molecule has 2 rings (SSSR count). The third-order valence-corrected chi connectivity index (χ3v) is 3.82. The van der Waals surface area contributed by atoms with Crippen LogP contribution in [0.1, 0.15) is 41.1 Å². The lowest BCUT2D eigenvalue weighted by Gasteiger charge is -2.20. The second-order valence-corrected chi connectivity index (χ2v) is 5.04. The molecule has 2 heteroatoms. The number of benzene rings is 1. The van der Waals surface area contributed by atoms with Crippen molar-refractivity contribution in [3.8, 4) is 6.07 Å². The minimum absolute atomic E-state index is 0.128. The van der Waals surface area contributed by atoms with Crippen LogP contribution in [-0.2, 0) is 0 Å². The molecule has 0 bridgehead atoms. The zero-order valence-corrected chi connectivity index (χ0v) is 10.2. The monoisotopic (exact) mass is 214 g/mol. The summed E-state index contributed by atoms with van der Waals surface area (Å²) in [7, 11) is 0. The standard InChI is InChI=1S/C14H18N2/c1-9-6-11(3)12(7-10(9)2)13(16)14(8-15)4-5-14/h6-7,13H,4-5,16H2,1-3H3. The predicted octanol–water partition coefficient (Wildman–Crippen LogP) is 2.92. The molecule has 0 saturated heterocycles. The highest BCUT2D eigenvalue weighted by Crippen LogP contribution is 2.53. The van der Waals surface area contributed by atoms with Gasteiger partial charge in [-0.25, -0.2) is 0 Å². The Morgan fingerprint density at radius 3 is 2.25 bits per heavy atom. The van der Waals surface area contributed by atoms with E-state index in [1.165, 1.54) is 16.7 Å². The van der Waals surface area contributed by atoms with Crippen LogP contribution in [0, 0.1) is 37.5 Å². The lowest BCUT2D eigenvalue weighted by Crippen LogP contribution is -2.22. The van der Waals surface area contributed by atoms with Gasteiger partial charge in [-0.2, -0.15) is 5.26 Å². The summed E-state index contributed by atoms with van der Waals surface area (Å²) in [6.45, 7) is 6.28. The lowest BCUT2D eigenvalue weighted by molar-refractivity contribution is 0.517. The van der Waals surface area contributed by atoms with Gasteiger partial charge in [0.05, 0.1) is 11.5 Å². The van der Waals surface area contributed by atoms with Gasteiger partial charge in [0.25, 0.3) is 0 Å². The summed E-state index contributed by atoms with van der Waals surface area (Å²) in [6.07, 6.45) is 1.88. The Bertz CT molecular complexity index is 464. The van der Waals surface area contributed by atoms with E-state index in [9.17, 15) is 5.26 Å². The van der Waals surface area contributed by atoms with E-state index < -0.39 is 0 Å². The third-order valence-electron chi connectivity index (χ3n) is 3.82. The summed E-state index contributed by atoms with van der Waals surface area (Å²) >= 11 is 0. The number of hydrogen-bond donors (Lipinski definition) is 1. The van der Waals surface area contributed by atoms with Gasteiger partial charge in [0.15, 0.2) is 0 Å². The van der Waals surface area contributed by atoms with Gasteiger partial charge in [0.1, 0.15) is 0 Å². The van der Waals surface area contributed by atoms with E-state index in [4.69, 9.17) is 5.73 Å². The van der Waals surface area contributed by atoms with Crippen molar-refractivity contribution in [1.82, 2.24) is 0 Å². The molecule has 2 N–H and O–H groups in total. The van der Waals surface area contributed by atoms with Crippen molar-refractivity contribution >= 4 is 0 Å². The second-order valence-electron chi connectivity index (χ2n) is 5.04. The molecule has 1 aliphatic rings. The van der Waals surface area contributed by atoms with Crippen molar-refractivity contribution in [3.63, 3.8) is 0 Å². The van der Waals surface area contributed by atoms with Crippen molar-refractivity contribution in [2.24, 2.45) is 11.1 Å². The van der Waals surface area contributed by atoms with Gasteiger partial charge in [-0.3, -0.25) is 0 Å². The lowest BCUT2D eigenvalue weighted by atomic mass is 9.87. The molecule has 1 aromatic rings. The molecule has 1 fully saturated rings. The number of aryl methyl sites for hydroxylation is 3. The van der Waals surface area contributed by atoms with E-state index in [0.29, 0.717) is 0 Å².